The first-order chi connectivity index (χ1) is 10.8. The van der Waals surface area contributed by atoms with E-state index in [9.17, 15) is 4.79 Å². The van der Waals surface area contributed by atoms with Crippen LogP contribution in [0.3, 0.4) is 0 Å². The Labute approximate surface area is 131 Å². The smallest absolute Gasteiger partial charge is 0.266 e. The number of nitrogens with zero attached hydrogens (tertiary/aromatic N) is 1. The second kappa shape index (κ2) is 6.33. The summed E-state index contributed by atoms with van der Waals surface area (Å²) >= 11 is 1.46. The van der Waals surface area contributed by atoms with E-state index in [2.05, 4.69) is 5.32 Å². The standard InChI is InChI=1S/C16H12N2O3S/c17-10-11(8-13-2-1-7-22-13)16(19)18-12-3-4-14-15(9-12)21-6-5-20-14/h1-4,7-9H,5-6H2,(H,18,19). The van der Waals surface area contributed by atoms with Crippen molar-refractivity contribution in [1.29, 1.82) is 5.26 Å². The van der Waals surface area contributed by atoms with E-state index in [0.29, 0.717) is 30.4 Å². The Bertz CT molecular complexity index is 760. The molecule has 3 rings (SSSR count). The topological polar surface area (TPSA) is 71.4 Å². The van der Waals surface area contributed by atoms with E-state index in [-0.39, 0.29) is 5.57 Å². The van der Waals surface area contributed by atoms with Crippen molar-refractivity contribution in [2.24, 2.45) is 0 Å². The largest absolute Gasteiger partial charge is 0.486 e. The lowest BCUT2D eigenvalue weighted by Crippen LogP contribution is -2.17. The zero-order valence-electron chi connectivity index (χ0n) is 11.5. The minimum absolute atomic E-state index is 0.0531. The quantitative estimate of drug-likeness (QED) is 0.698. The first kappa shape index (κ1) is 14.2. The first-order valence-corrected chi connectivity index (χ1v) is 7.50. The zero-order chi connectivity index (χ0) is 15.4. The molecule has 22 heavy (non-hydrogen) atoms. The number of anilines is 1. The van der Waals surface area contributed by atoms with Gasteiger partial charge in [-0.05, 0) is 29.7 Å². The Morgan fingerprint density at radius 1 is 1.27 bits per heavy atom. The summed E-state index contributed by atoms with van der Waals surface area (Å²) in [6.07, 6.45) is 1.57. The predicted molar refractivity (Wildman–Crippen MR) is 84.0 cm³/mol. The van der Waals surface area contributed by atoms with Gasteiger partial charge in [0.2, 0.25) is 0 Å². The van der Waals surface area contributed by atoms with Crippen LogP contribution in [0, 0.1) is 11.3 Å². The number of hydrogen-bond donors (Lipinski definition) is 1. The number of carbonyl (C=O) groups is 1. The highest BCUT2D eigenvalue weighted by atomic mass is 32.1. The number of thiophene rings is 1. The molecule has 1 N–H and O–H groups in total. The first-order valence-electron chi connectivity index (χ1n) is 6.62. The summed E-state index contributed by atoms with van der Waals surface area (Å²) in [6.45, 7) is 0.993. The van der Waals surface area contributed by atoms with Gasteiger partial charge in [0.1, 0.15) is 24.9 Å². The van der Waals surface area contributed by atoms with Gasteiger partial charge in [-0.1, -0.05) is 6.07 Å². The Morgan fingerprint density at radius 3 is 2.82 bits per heavy atom. The fraction of sp³-hybridized carbons (Fsp3) is 0.125. The molecule has 0 aliphatic carbocycles. The zero-order valence-corrected chi connectivity index (χ0v) is 12.4. The van der Waals surface area contributed by atoms with Crippen molar-refractivity contribution in [1.82, 2.24) is 0 Å². The molecule has 1 aromatic carbocycles. The highest BCUT2D eigenvalue weighted by molar-refractivity contribution is 7.10. The van der Waals surface area contributed by atoms with Crippen LogP contribution in [0.2, 0.25) is 0 Å². The van der Waals surface area contributed by atoms with Crippen LogP contribution in [0.4, 0.5) is 5.69 Å². The van der Waals surface area contributed by atoms with Crippen molar-refractivity contribution < 1.29 is 14.3 Å². The van der Waals surface area contributed by atoms with E-state index in [1.54, 1.807) is 24.3 Å². The normalized spacial score (nSPS) is 13.3. The van der Waals surface area contributed by atoms with Gasteiger partial charge < -0.3 is 14.8 Å². The minimum atomic E-state index is -0.451. The SMILES string of the molecule is N#CC(=Cc1cccs1)C(=O)Nc1ccc2c(c1)OCCO2. The molecule has 0 spiro atoms. The summed E-state index contributed by atoms with van der Waals surface area (Å²) in [4.78, 5) is 13.0. The third-order valence-electron chi connectivity index (χ3n) is 2.99. The van der Waals surface area contributed by atoms with Crippen LogP contribution in [0.25, 0.3) is 6.08 Å². The van der Waals surface area contributed by atoms with Crippen molar-refractivity contribution in [3.63, 3.8) is 0 Å². The van der Waals surface area contributed by atoms with Gasteiger partial charge in [-0.2, -0.15) is 5.26 Å². The number of ether oxygens (including phenoxy) is 2. The maximum atomic E-state index is 12.2. The molecule has 6 heteroatoms. The van der Waals surface area contributed by atoms with E-state index < -0.39 is 5.91 Å². The maximum Gasteiger partial charge on any atom is 0.266 e. The fourth-order valence-corrected chi connectivity index (χ4v) is 2.64. The number of benzene rings is 1. The van der Waals surface area contributed by atoms with Crippen molar-refractivity contribution in [3.8, 4) is 17.6 Å². The van der Waals surface area contributed by atoms with E-state index in [1.165, 1.54) is 11.3 Å². The van der Waals surface area contributed by atoms with Crippen LogP contribution >= 0.6 is 11.3 Å². The van der Waals surface area contributed by atoms with Crippen molar-refractivity contribution in [2.45, 2.75) is 0 Å². The number of amides is 1. The molecule has 1 aromatic heterocycles. The summed E-state index contributed by atoms with van der Waals surface area (Å²) in [6, 6.07) is 10.8. The molecule has 0 unspecified atom stereocenters. The summed E-state index contributed by atoms with van der Waals surface area (Å²) in [5.41, 5.74) is 0.610. The van der Waals surface area contributed by atoms with Gasteiger partial charge in [-0.3, -0.25) is 4.79 Å². The van der Waals surface area contributed by atoms with Crippen LogP contribution in [0.5, 0.6) is 11.5 Å². The number of carbonyl (C=O) groups excluding carboxylic acids is 1. The average Bonchev–Trinajstić information content (AvgIpc) is 3.05. The second-order valence-electron chi connectivity index (χ2n) is 4.50. The molecule has 0 fully saturated rings. The van der Waals surface area contributed by atoms with Gasteiger partial charge in [0.05, 0.1) is 0 Å². The van der Waals surface area contributed by atoms with E-state index in [4.69, 9.17) is 14.7 Å². The van der Waals surface area contributed by atoms with Gasteiger partial charge in [-0.25, -0.2) is 0 Å². The lowest BCUT2D eigenvalue weighted by atomic mass is 10.2. The number of nitriles is 1. The molecule has 0 radical (unpaired) electrons. The van der Waals surface area contributed by atoms with Crippen molar-refractivity contribution >= 4 is 29.0 Å². The van der Waals surface area contributed by atoms with Gasteiger partial charge in [0.25, 0.3) is 5.91 Å². The Balaban J connectivity index is 1.77. The van der Waals surface area contributed by atoms with Crippen LogP contribution in [0.15, 0.2) is 41.3 Å². The Kier molecular flexibility index (Phi) is 4.08. The maximum absolute atomic E-state index is 12.2. The van der Waals surface area contributed by atoms with Crippen LogP contribution in [-0.2, 0) is 4.79 Å². The third-order valence-corrected chi connectivity index (χ3v) is 3.81. The molecule has 0 saturated carbocycles. The lowest BCUT2D eigenvalue weighted by Gasteiger charge is -2.18. The molecule has 0 atom stereocenters. The molecule has 2 heterocycles. The molecule has 2 aromatic rings. The number of fused-ring (bicyclic) bond motifs is 1. The highest BCUT2D eigenvalue weighted by Gasteiger charge is 2.14. The van der Waals surface area contributed by atoms with Crippen molar-refractivity contribution in [3.05, 3.63) is 46.2 Å². The lowest BCUT2D eigenvalue weighted by molar-refractivity contribution is -0.112. The van der Waals surface area contributed by atoms with E-state index >= 15 is 0 Å². The summed E-state index contributed by atoms with van der Waals surface area (Å²) in [7, 11) is 0. The van der Waals surface area contributed by atoms with E-state index in [0.717, 1.165) is 4.88 Å². The molecule has 1 aliphatic heterocycles. The predicted octanol–water partition coefficient (Wildman–Crippen LogP) is 3.06. The van der Waals surface area contributed by atoms with E-state index in [1.807, 2.05) is 23.6 Å². The highest BCUT2D eigenvalue weighted by Crippen LogP contribution is 2.32. The summed E-state index contributed by atoms with van der Waals surface area (Å²) < 4.78 is 10.9. The number of nitrogens with one attached hydrogen (secondary N) is 1. The van der Waals surface area contributed by atoms with Gasteiger partial charge in [0, 0.05) is 16.6 Å². The molecule has 0 bridgehead atoms. The Morgan fingerprint density at radius 2 is 2.09 bits per heavy atom. The summed E-state index contributed by atoms with van der Waals surface area (Å²) in [5, 5.41) is 13.7. The van der Waals surface area contributed by atoms with Gasteiger partial charge in [0.15, 0.2) is 11.5 Å². The van der Waals surface area contributed by atoms with Gasteiger partial charge >= 0.3 is 0 Å². The molecule has 110 valence electrons. The van der Waals surface area contributed by atoms with Crippen molar-refractivity contribution in [2.75, 3.05) is 18.5 Å². The third kappa shape index (κ3) is 3.10. The van der Waals surface area contributed by atoms with Crippen LogP contribution in [0.1, 0.15) is 4.88 Å². The molecule has 0 saturated heterocycles. The molecule has 5 nitrogen and oxygen atoms in total. The monoisotopic (exact) mass is 312 g/mol. The number of rotatable bonds is 3. The number of hydrogen-bond acceptors (Lipinski definition) is 5. The second-order valence-corrected chi connectivity index (χ2v) is 5.48. The van der Waals surface area contributed by atoms with Gasteiger partial charge in [-0.15, -0.1) is 11.3 Å². The Hall–Kier alpha value is -2.78. The van der Waals surface area contributed by atoms with Crippen LogP contribution in [-0.4, -0.2) is 19.1 Å². The fourth-order valence-electron chi connectivity index (χ4n) is 1.98. The molecular formula is C16H12N2O3S. The molecular weight excluding hydrogens is 300 g/mol. The average molecular weight is 312 g/mol. The molecule has 1 amide bonds. The minimum Gasteiger partial charge on any atom is -0.486 e. The van der Waals surface area contributed by atoms with Crippen LogP contribution < -0.4 is 14.8 Å². The molecule has 1 aliphatic rings. The summed E-state index contributed by atoms with van der Waals surface area (Å²) in [5.74, 6) is 0.788.